The smallest absolute Gasteiger partial charge is 0.308 e. The molecule has 0 spiro atoms. The van der Waals surface area contributed by atoms with Gasteiger partial charge in [-0.05, 0) is 32.5 Å². The van der Waals surface area contributed by atoms with Crippen LogP contribution in [0, 0.1) is 0 Å². The van der Waals surface area contributed by atoms with Crippen LogP contribution in [0.1, 0.15) is 65.7 Å². The van der Waals surface area contributed by atoms with Gasteiger partial charge in [0.1, 0.15) is 6.04 Å². The van der Waals surface area contributed by atoms with Crippen LogP contribution in [-0.2, 0) is 19.1 Å². The fourth-order valence-electron chi connectivity index (χ4n) is 2.77. The highest BCUT2D eigenvalue weighted by atomic mass is 32.1. The molecule has 148 valence electrons. The Labute approximate surface area is 161 Å². The second kappa shape index (κ2) is 11.8. The molecule has 8 heteroatoms. The van der Waals surface area contributed by atoms with Crippen LogP contribution < -0.4 is 10.6 Å². The van der Waals surface area contributed by atoms with E-state index in [1.165, 1.54) is 6.42 Å². The van der Waals surface area contributed by atoms with Gasteiger partial charge in [0, 0.05) is 19.5 Å². The van der Waals surface area contributed by atoms with E-state index in [0.29, 0.717) is 19.5 Å². The van der Waals surface area contributed by atoms with Crippen LogP contribution in [0.5, 0.6) is 0 Å². The number of amides is 2. The highest BCUT2D eigenvalue weighted by Gasteiger charge is 2.34. The number of unbranched alkanes of at least 4 members (excludes halogenated alkanes) is 4. The van der Waals surface area contributed by atoms with Crippen LogP contribution in [0.15, 0.2) is 0 Å². The average Bonchev–Trinajstić information content (AvgIpc) is 2.55. The summed E-state index contributed by atoms with van der Waals surface area (Å²) < 4.78 is 5.12. The molecule has 0 aliphatic carbocycles. The summed E-state index contributed by atoms with van der Waals surface area (Å²) in [6, 6.07) is -0.757. The highest BCUT2D eigenvalue weighted by molar-refractivity contribution is 7.80. The Bertz CT molecular complexity index is 511. The standard InChI is InChI=1S/C18H31N3O4S/c1-4-5-6-7-8-9-15(22)20-18(26)21-11-10-19-17(24)14(21)12-16(23)25-13(2)3/h13-14H,4-12H2,1-3H3,(H,19,24)(H,20,22,26). The maximum atomic E-state index is 12.2. The lowest BCUT2D eigenvalue weighted by Gasteiger charge is -2.36. The van der Waals surface area contributed by atoms with Crippen molar-refractivity contribution in [1.29, 1.82) is 0 Å². The molecular formula is C18H31N3O4S. The van der Waals surface area contributed by atoms with Crippen LogP contribution >= 0.6 is 12.2 Å². The Morgan fingerprint density at radius 3 is 2.65 bits per heavy atom. The zero-order chi connectivity index (χ0) is 19.5. The molecule has 1 fully saturated rings. The quantitative estimate of drug-likeness (QED) is 0.358. The lowest BCUT2D eigenvalue weighted by Crippen LogP contribution is -2.60. The summed E-state index contributed by atoms with van der Waals surface area (Å²) in [5, 5.41) is 5.61. The number of rotatable bonds is 9. The molecule has 0 bridgehead atoms. The molecule has 0 saturated carbocycles. The zero-order valence-electron chi connectivity index (χ0n) is 16.0. The number of hydrogen-bond acceptors (Lipinski definition) is 5. The predicted molar refractivity (Wildman–Crippen MR) is 103 cm³/mol. The summed E-state index contributed by atoms with van der Waals surface area (Å²) in [7, 11) is 0. The van der Waals surface area contributed by atoms with E-state index in [-0.39, 0.29) is 29.5 Å². The number of nitrogens with zero attached hydrogens (tertiary/aromatic N) is 1. The van der Waals surface area contributed by atoms with E-state index in [1.54, 1.807) is 18.7 Å². The maximum Gasteiger partial charge on any atom is 0.308 e. The number of carbonyl (C=O) groups excluding carboxylic acids is 3. The molecule has 1 aliphatic rings. The summed E-state index contributed by atoms with van der Waals surface area (Å²) >= 11 is 5.30. The topological polar surface area (TPSA) is 87.7 Å². The van der Waals surface area contributed by atoms with Crippen LogP contribution in [0.25, 0.3) is 0 Å². The van der Waals surface area contributed by atoms with Gasteiger partial charge in [0.2, 0.25) is 11.8 Å². The Balaban J connectivity index is 2.53. The van der Waals surface area contributed by atoms with Gasteiger partial charge in [-0.2, -0.15) is 0 Å². The van der Waals surface area contributed by atoms with Crippen molar-refractivity contribution in [2.45, 2.75) is 77.9 Å². The first-order chi connectivity index (χ1) is 12.3. The Hall–Kier alpha value is -1.70. The molecule has 0 radical (unpaired) electrons. The van der Waals surface area contributed by atoms with Crippen molar-refractivity contribution < 1.29 is 19.1 Å². The van der Waals surface area contributed by atoms with Crippen molar-refractivity contribution in [1.82, 2.24) is 15.5 Å². The van der Waals surface area contributed by atoms with Gasteiger partial charge in [0.15, 0.2) is 5.11 Å². The molecule has 26 heavy (non-hydrogen) atoms. The molecule has 2 amide bonds. The minimum atomic E-state index is -0.757. The van der Waals surface area contributed by atoms with Gasteiger partial charge in [-0.1, -0.05) is 32.6 Å². The summed E-state index contributed by atoms with van der Waals surface area (Å²) in [4.78, 5) is 37.8. The summed E-state index contributed by atoms with van der Waals surface area (Å²) in [5.74, 6) is -0.897. The molecule has 0 aromatic carbocycles. The monoisotopic (exact) mass is 385 g/mol. The third-order valence-electron chi connectivity index (χ3n) is 4.07. The van der Waals surface area contributed by atoms with Gasteiger partial charge in [0.25, 0.3) is 0 Å². The van der Waals surface area contributed by atoms with Gasteiger partial charge in [-0.15, -0.1) is 0 Å². The van der Waals surface area contributed by atoms with Crippen LogP contribution in [0.3, 0.4) is 0 Å². The van der Waals surface area contributed by atoms with Gasteiger partial charge >= 0.3 is 5.97 Å². The summed E-state index contributed by atoms with van der Waals surface area (Å²) in [6.07, 6.45) is 5.36. The summed E-state index contributed by atoms with van der Waals surface area (Å²) in [6.45, 7) is 6.51. The van der Waals surface area contributed by atoms with Crippen LogP contribution in [0.2, 0.25) is 0 Å². The first-order valence-electron chi connectivity index (χ1n) is 9.42. The number of esters is 1. The normalized spacial score (nSPS) is 17.0. The largest absolute Gasteiger partial charge is 0.463 e. The zero-order valence-corrected chi connectivity index (χ0v) is 16.8. The third kappa shape index (κ3) is 8.12. The fourth-order valence-corrected chi connectivity index (χ4v) is 3.10. The fraction of sp³-hybridized carbons (Fsp3) is 0.778. The van der Waals surface area contributed by atoms with Gasteiger partial charge in [-0.25, -0.2) is 0 Å². The van der Waals surface area contributed by atoms with Crippen molar-refractivity contribution in [2.75, 3.05) is 13.1 Å². The Kier molecular flexibility index (Phi) is 10.2. The maximum absolute atomic E-state index is 12.2. The summed E-state index contributed by atoms with van der Waals surface area (Å²) in [5.41, 5.74) is 0. The minimum absolute atomic E-state index is 0.100. The Morgan fingerprint density at radius 2 is 2.00 bits per heavy atom. The number of nitrogens with one attached hydrogen (secondary N) is 2. The van der Waals surface area contributed by atoms with E-state index in [4.69, 9.17) is 17.0 Å². The second-order valence-electron chi connectivity index (χ2n) is 6.76. The van der Waals surface area contributed by atoms with Crippen molar-refractivity contribution in [3.05, 3.63) is 0 Å². The molecule has 1 saturated heterocycles. The molecule has 1 rings (SSSR count). The molecule has 0 aromatic heterocycles. The first kappa shape index (κ1) is 22.3. The van der Waals surface area contributed by atoms with Crippen LogP contribution in [0.4, 0.5) is 0 Å². The van der Waals surface area contributed by atoms with Crippen molar-refractivity contribution in [2.24, 2.45) is 0 Å². The SMILES string of the molecule is CCCCCCCC(=O)NC(=S)N1CCNC(=O)C1CC(=O)OC(C)C. The Morgan fingerprint density at radius 1 is 1.31 bits per heavy atom. The second-order valence-corrected chi connectivity index (χ2v) is 7.15. The van der Waals surface area contributed by atoms with Gasteiger partial charge < -0.3 is 20.3 Å². The molecule has 1 heterocycles. The molecule has 1 atom stereocenters. The molecule has 1 unspecified atom stereocenters. The van der Waals surface area contributed by atoms with Crippen molar-refractivity contribution >= 4 is 35.1 Å². The lowest BCUT2D eigenvalue weighted by molar-refractivity contribution is -0.150. The predicted octanol–water partition coefficient (Wildman–Crippen LogP) is 1.89. The molecular weight excluding hydrogens is 354 g/mol. The van der Waals surface area contributed by atoms with Gasteiger partial charge in [-0.3, -0.25) is 14.4 Å². The third-order valence-corrected chi connectivity index (χ3v) is 4.41. The van der Waals surface area contributed by atoms with Crippen molar-refractivity contribution in [3.8, 4) is 0 Å². The van der Waals surface area contributed by atoms with E-state index in [0.717, 1.165) is 25.7 Å². The molecule has 0 aromatic rings. The molecule has 7 nitrogen and oxygen atoms in total. The number of ether oxygens (including phenoxy) is 1. The van der Waals surface area contributed by atoms with E-state index in [2.05, 4.69) is 17.6 Å². The molecule has 2 N–H and O–H groups in total. The number of thiocarbonyl (C=S) groups is 1. The first-order valence-corrected chi connectivity index (χ1v) is 9.83. The number of hydrogen-bond donors (Lipinski definition) is 2. The minimum Gasteiger partial charge on any atom is -0.463 e. The number of piperazine rings is 1. The highest BCUT2D eigenvalue weighted by Crippen LogP contribution is 2.12. The van der Waals surface area contributed by atoms with E-state index in [1.807, 2.05) is 0 Å². The molecule has 1 aliphatic heterocycles. The van der Waals surface area contributed by atoms with E-state index in [9.17, 15) is 14.4 Å². The lowest BCUT2D eigenvalue weighted by atomic mass is 10.1. The average molecular weight is 386 g/mol. The number of carbonyl (C=O) groups is 3. The van der Waals surface area contributed by atoms with Crippen LogP contribution in [-0.4, -0.2) is 53.0 Å². The van der Waals surface area contributed by atoms with E-state index < -0.39 is 12.0 Å². The van der Waals surface area contributed by atoms with Gasteiger partial charge in [0.05, 0.1) is 12.5 Å². The van der Waals surface area contributed by atoms with Crippen molar-refractivity contribution in [3.63, 3.8) is 0 Å². The van der Waals surface area contributed by atoms with E-state index >= 15 is 0 Å².